The smallest absolute Gasteiger partial charge is 0.136 e. The Hall–Kier alpha value is -1.97. The Balaban J connectivity index is 2.46. The Bertz CT molecular complexity index is 558. The van der Waals surface area contributed by atoms with Crippen LogP contribution < -0.4 is 5.32 Å². The molecular formula is C16H22N4. The maximum atomic E-state index is 4.70. The van der Waals surface area contributed by atoms with Crippen molar-refractivity contribution >= 4 is 5.82 Å². The van der Waals surface area contributed by atoms with Gasteiger partial charge in [0, 0.05) is 36.0 Å². The SMILES string of the molecule is CCCNc1cc(-c2ccncc2)nc(C(C)(C)C)n1. The van der Waals surface area contributed by atoms with Crippen LogP contribution in [0.5, 0.6) is 0 Å². The van der Waals surface area contributed by atoms with E-state index < -0.39 is 0 Å². The summed E-state index contributed by atoms with van der Waals surface area (Å²) in [6.07, 6.45) is 4.64. The lowest BCUT2D eigenvalue weighted by molar-refractivity contribution is 0.546. The summed E-state index contributed by atoms with van der Waals surface area (Å²) in [6, 6.07) is 5.94. The van der Waals surface area contributed by atoms with Crippen molar-refractivity contribution in [3.8, 4) is 11.3 Å². The van der Waals surface area contributed by atoms with Crippen LogP contribution in [-0.4, -0.2) is 21.5 Å². The van der Waals surface area contributed by atoms with Gasteiger partial charge in [-0.3, -0.25) is 4.98 Å². The van der Waals surface area contributed by atoms with Crippen molar-refractivity contribution in [2.75, 3.05) is 11.9 Å². The molecule has 0 radical (unpaired) electrons. The normalized spacial score (nSPS) is 11.4. The standard InChI is InChI=1S/C16H22N4/c1-5-8-18-14-11-13(12-6-9-17-10-7-12)19-15(20-14)16(2,3)4/h6-7,9-11H,5,8H2,1-4H3,(H,18,19,20). The van der Waals surface area contributed by atoms with E-state index >= 15 is 0 Å². The van der Waals surface area contributed by atoms with Crippen LogP contribution in [0, 0.1) is 0 Å². The van der Waals surface area contributed by atoms with Gasteiger partial charge in [-0.15, -0.1) is 0 Å². The molecule has 0 fully saturated rings. The van der Waals surface area contributed by atoms with Crippen molar-refractivity contribution in [1.82, 2.24) is 15.0 Å². The van der Waals surface area contributed by atoms with Crippen molar-refractivity contribution < 1.29 is 0 Å². The van der Waals surface area contributed by atoms with Crippen molar-refractivity contribution in [1.29, 1.82) is 0 Å². The Morgan fingerprint density at radius 1 is 1.10 bits per heavy atom. The minimum atomic E-state index is -0.0777. The highest BCUT2D eigenvalue weighted by Gasteiger charge is 2.19. The van der Waals surface area contributed by atoms with Crippen LogP contribution in [0.25, 0.3) is 11.3 Å². The quantitative estimate of drug-likeness (QED) is 0.921. The monoisotopic (exact) mass is 270 g/mol. The zero-order chi connectivity index (χ0) is 14.6. The number of anilines is 1. The van der Waals surface area contributed by atoms with Crippen molar-refractivity contribution in [3.63, 3.8) is 0 Å². The van der Waals surface area contributed by atoms with E-state index in [1.807, 2.05) is 18.2 Å². The summed E-state index contributed by atoms with van der Waals surface area (Å²) in [4.78, 5) is 13.4. The highest BCUT2D eigenvalue weighted by molar-refractivity contribution is 5.62. The second-order valence-corrected chi connectivity index (χ2v) is 5.87. The summed E-state index contributed by atoms with van der Waals surface area (Å²) in [5.74, 6) is 1.74. The number of rotatable bonds is 4. The molecule has 0 aromatic carbocycles. The molecule has 0 atom stereocenters. The first kappa shape index (κ1) is 14.4. The van der Waals surface area contributed by atoms with Crippen molar-refractivity contribution in [2.24, 2.45) is 0 Å². The van der Waals surface area contributed by atoms with Gasteiger partial charge in [0.05, 0.1) is 5.69 Å². The van der Waals surface area contributed by atoms with Crippen LogP contribution in [0.2, 0.25) is 0 Å². The molecule has 4 heteroatoms. The second-order valence-electron chi connectivity index (χ2n) is 5.87. The molecule has 2 heterocycles. The van der Waals surface area contributed by atoms with E-state index in [2.05, 4.69) is 43.0 Å². The predicted molar refractivity (Wildman–Crippen MR) is 82.7 cm³/mol. The fourth-order valence-electron chi connectivity index (χ4n) is 1.80. The van der Waals surface area contributed by atoms with E-state index in [1.165, 1.54) is 0 Å². The number of hydrogen-bond donors (Lipinski definition) is 1. The number of pyridine rings is 1. The first-order chi connectivity index (χ1) is 9.50. The zero-order valence-corrected chi connectivity index (χ0v) is 12.6. The van der Waals surface area contributed by atoms with E-state index in [0.29, 0.717) is 0 Å². The summed E-state index contributed by atoms with van der Waals surface area (Å²) in [7, 11) is 0. The lowest BCUT2D eigenvalue weighted by Gasteiger charge is -2.19. The molecule has 2 aromatic rings. The fourth-order valence-corrected chi connectivity index (χ4v) is 1.80. The molecule has 1 N–H and O–H groups in total. The Morgan fingerprint density at radius 2 is 1.80 bits per heavy atom. The Morgan fingerprint density at radius 3 is 2.40 bits per heavy atom. The van der Waals surface area contributed by atoms with E-state index in [-0.39, 0.29) is 5.41 Å². The molecule has 0 aliphatic carbocycles. The predicted octanol–water partition coefficient (Wildman–Crippen LogP) is 3.66. The topological polar surface area (TPSA) is 50.7 Å². The van der Waals surface area contributed by atoms with E-state index in [1.54, 1.807) is 12.4 Å². The summed E-state index contributed by atoms with van der Waals surface area (Å²) < 4.78 is 0. The third kappa shape index (κ3) is 3.53. The summed E-state index contributed by atoms with van der Waals surface area (Å²) in [6.45, 7) is 9.44. The van der Waals surface area contributed by atoms with Gasteiger partial charge in [-0.2, -0.15) is 0 Å². The van der Waals surface area contributed by atoms with Gasteiger partial charge in [0.2, 0.25) is 0 Å². The van der Waals surface area contributed by atoms with Crippen molar-refractivity contribution in [3.05, 3.63) is 36.4 Å². The molecular weight excluding hydrogens is 248 g/mol. The van der Waals surface area contributed by atoms with Crippen LogP contribution in [0.15, 0.2) is 30.6 Å². The molecule has 2 rings (SSSR count). The van der Waals surface area contributed by atoms with Crippen LogP contribution in [-0.2, 0) is 5.41 Å². The first-order valence-corrected chi connectivity index (χ1v) is 7.04. The highest BCUT2D eigenvalue weighted by Crippen LogP contribution is 2.25. The van der Waals surface area contributed by atoms with Crippen LogP contribution >= 0.6 is 0 Å². The third-order valence-electron chi connectivity index (χ3n) is 2.93. The number of nitrogens with one attached hydrogen (secondary N) is 1. The maximum Gasteiger partial charge on any atom is 0.136 e. The number of aromatic nitrogens is 3. The maximum absolute atomic E-state index is 4.70. The molecule has 106 valence electrons. The molecule has 0 unspecified atom stereocenters. The number of nitrogens with zero attached hydrogens (tertiary/aromatic N) is 3. The van der Waals surface area contributed by atoms with Gasteiger partial charge in [0.25, 0.3) is 0 Å². The van der Waals surface area contributed by atoms with Gasteiger partial charge < -0.3 is 5.32 Å². The van der Waals surface area contributed by atoms with Gasteiger partial charge in [-0.1, -0.05) is 27.7 Å². The molecule has 0 bridgehead atoms. The van der Waals surface area contributed by atoms with E-state index in [9.17, 15) is 0 Å². The summed E-state index contributed by atoms with van der Waals surface area (Å²) in [5.41, 5.74) is 1.92. The van der Waals surface area contributed by atoms with Gasteiger partial charge in [0.1, 0.15) is 11.6 Å². The number of hydrogen-bond acceptors (Lipinski definition) is 4. The van der Waals surface area contributed by atoms with Gasteiger partial charge in [-0.05, 0) is 18.6 Å². The first-order valence-electron chi connectivity index (χ1n) is 7.04. The van der Waals surface area contributed by atoms with Crippen molar-refractivity contribution in [2.45, 2.75) is 39.5 Å². The van der Waals surface area contributed by atoms with E-state index in [0.717, 1.165) is 35.9 Å². The largest absolute Gasteiger partial charge is 0.370 e. The lowest BCUT2D eigenvalue weighted by Crippen LogP contribution is -2.18. The van der Waals surface area contributed by atoms with Gasteiger partial charge in [0.15, 0.2) is 0 Å². The molecule has 0 spiro atoms. The summed E-state index contributed by atoms with van der Waals surface area (Å²) in [5, 5.41) is 3.35. The zero-order valence-electron chi connectivity index (χ0n) is 12.6. The average molecular weight is 270 g/mol. The highest BCUT2D eigenvalue weighted by atomic mass is 15.0. The van der Waals surface area contributed by atoms with Crippen LogP contribution in [0.1, 0.15) is 39.9 Å². The molecule has 0 amide bonds. The fraction of sp³-hybridized carbons (Fsp3) is 0.438. The minimum absolute atomic E-state index is 0.0777. The molecule has 20 heavy (non-hydrogen) atoms. The van der Waals surface area contributed by atoms with Crippen LogP contribution in [0.4, 0.5) is 5.82 Å². The molecule has 0 aliphatic heterocycles. The molecule has 2 aromatic heterocycles. The molecule has 0 saturated carbocycles. The van der Waals surface area contributed by atoms with E-state index in [4.69, 9.17) is 4.98 Å². The summed E-state index contributed by atoms with van der Waals surface area (Å²) >= 11 is 0. The third-order valence-corrected chi connectivity index (χ3v) is 2.93. The Kier molecular flexibility index (Phi) is 4.32. The second kappa shape index (κ2) is 5.99. The lowest BCUT2D eigenvalue weighted by atomic mass is 9.95. The van der Waals surface area contributed by atoms with Crippen LogP contribution in [0.3, 0.4) is 0 Å². The Labute approximate surface area is 120 Å². The minimum Gasteiger partial charge on any atom is -0.370 e. The average Bonchev–Trinajstić information content (AvgIpc) is 2.45. The molecule has 0 saturated heterocycles. The molecule has 0 aliphatic rings. The molecule has 4 nitrogen and oxygen atoms in total. The van der Waals surface area contributed by atoms with Gasteiger partial charge in [-0.25, -0.2) is 9.97 Å². The van der Waals surface area contributed by atoms with Gasteiger partial charge >= 0.3 is 0 Å².